The van der Waals surface area contributed by atoms with E-state index in [1.165, 1.54) is 6.26 Å². The summed E-state index contributed by atoms with van der Waals surface area (Å²) >= 11 is 0. The number of carbonyl (C=O) groups excluding carboxylic acids is 2. The van der Waals surface area contributed by atoms with Gasteiger partial charge in [0.1, 0.15) is 17.6 Å². The van der Waals surface area contributed by atoms with Gasteiger partial charge in [-0.25, -0.2) is 9.78 Å². The van der Waals surface area contributed by atoms with Gasteiger partial charge in [0.15, 0.2) is 0 Å². The number of anilines is 1. The van der Waals surface area contributed by atoms with Crippen LogP contribution < -0.4 is 15.5 Å². The molecule has 2 aliphatic rings. The zero-order valence-corrected chi connectivity index (χ0v) is 18.2. The number of rotatable bonds is 4. The smallest absolute Gasteiger partial charge is 0.317 e. The Morgan fingerprint density at radius 1 is 1.06 bits per heavy atom. The van der Waals surface area contributed by atoms with Crippen molar-refractivity contribution in [3.8, 4) is 6.07 Å². The third-order valence-electron chi connectivity index (χ3n) is 6.24. The Hall–Kier alpha value is -3.54. The van der Waals surface area contributed by atoms with Crippen LogP contribution in [-0.2, 0) is 0 Å². The van der Waals surface area contributed by atoms with Crippen molar-refractivity contribution in [3.63, 3.8) is 0 Å². The number of aromatic nitrogens is 1. The number of nitrogens with one attached hydrogen (secondary N) is 2. The first-order chi connectivity index (χ1) is 15.5. The summed E-state index contributed by atoms with van der Waals surface area (Å²) < 4.78 is 5.20. The SMILES string of the molecule is Cc1occc1C(=O)NC1CCN(C(=O)NC2CCN(c3ccc(C#N)cn3)CC2)CC1. The van der Waals surface area contributed by atoms with E-state index in [-0.39, 0.29) is 24.0 Å². The molecule has 168 valence electrons. The van der Waals surface area contributed by atoms with Gasteiger partial charge in [0.25, 0.3) is 5.91 Å². The van der Waals surface area contributed by atoms with Gasteiger partial charge in [0, 0.05) is 44.5 Å². The van der Waals surface area contributed by atoms with Crippen molar-refractivity contribution in [2.24, 2.45) is 0 Å². The Morgan fingerprint density at radius 3 is 2.34 bits per heavy atom. The molecule has 0 unspecified atom stereocenters. The van der Waals surface area contributed by atoms with E-state index in [1.54, 1.807) is 25.3 Å². The first-order valence-corrected chi connectivity index (χ1v) is 11.0. The summed E-state index contributed by atoms with van der Waals surface area (Å²) in [6, 6.07) is 7.57. The van der Waals surface area contributed by atoms with Crippen molar-refractivity contribution in [2.75, 3.05) is 31.1 Å². The van der Waals surface area contributed by atoms with Gasteiger partial charge in [-0.2, -0.15) is 5.26 Å². The lowest BCUT2D eigenvalue weighted by molar-refractivity contribution is 0.0916. The highest BCUT2D eigenvalue weighted by molar-refractivity contribution is 5.95. The van der Waals surface area contributed by atoms with Gasteiger partial charge in [0.05, 0.1) is 17.4 Å². The Morgan fingerprint density at radius 2 is 1.75 bits per heavy atom. The third-order valence-corrected chi connectivity index (χ3v) is 6.24. The highest BCUT2D eigenvalue weighted by Gasteiger charge is 2.27. The number of furan rings is 1. The minimum Gasteiger partial charge on any atom is -0.469 e. The Balaban J connectivity index is 1.19. The quantitative estimate of drug-likeness (QED) is 0.761. The molecule has 2 aromatic rings. The monoisotopic (exact) mass is 436 g/mol. The summed E-state index contributed by atoms with van der Waals surface area (Å²) in [6.45, 7) is 4.63. The molecule has 0 bridgehead atoms. The molecule has 0 aromatic carbocycles. The van der Waals surface area contributed by atoms with Gasteiger partial charge in [-0.05, 0) is 50.8 Å². The molecular formula is C23H28N6O3. The molecule has 2 fully saturated rings. The highest BCUT2D eigenvalue weighted by atomic mass is 16.3. The highest BCUT2D eigenvalue weighted by Crippen LogP contribution is 2.19. The van der Waals surface area contributed by atoms with Crippen molar-refractivity contribution < 1.29 is 14.0 Å². The Labute approximate surface area is 187 Å². The van der Waals surface area contributed by atoms with Crippen LogP contribution in [0.2, 0.25) is 0 Å². The minimum atomic E-state index is -0.123. The van der Waals surface area contributed by atoms with Crippen molar-refractivity contribution in [3.05, 3.63) is 47.5 Å². The van der Waals surface area contributed by atoms with E-state index < -0.39 is 0 Å². The van der Waals surface area contributed by atoms with E-state index in [9.17, 15) is 9.59 Å². The standard InChI is InChI=1S/C23H28N6O3/c1-16-20(8-13-32-16)22(30)26-18-6-11-29(12-7-18)23(31)27-19-4-9-28(10-5-19)21-3-2-17(14-24)15-25-21/h2-3,8,13,15,18-19H,4-7,9-12H2,1H3,(H,26,30)(H,27,31). The molecule has 9 heteroatoms. The maximum atomic E-state index is 12.7. The number of nitrogens with zero attached hydrogens (tertiary/aromatic N) is 4. The number of urea groups is 1. The minimum absolute atomic E-state index is 0.0320. The van der Waals surface area contributed by atoms with Crippen molar-refractivity contribution in [1.29, 1.82) is 5.26 Å². The molecular weight excluding hydrogens is 408 g/mol. The fraction of sp³-hybridized carbons (Fsp3) is 0.478. The maximum Gasteiger partial charge on any atom is 0.317 e. The van der Waals surface area contributed by atoms with E-state index in [0.29, 0.717) is 30.0 Å². The van der Waals surface area contributed by atoms with Gasteiger partial charge in [0.2, 0.25) is 0 Å². The van der Waals surface area contributed by atoms with Crippen LogP contribution >= 0.6 is 0 Å². The first kappa shape index (κ1) is 21.7. The number of carbonyl (C=O) groups is 2. The largest absolute Gasteiger partial charge is 0.469 e. The van der Waals surface area contributed by atoms with Crippen molar-refractivity contribution in [1.82, 2.24) is 20.5 Å². The lowest BCUT2D eigenvalue weighted by atomic mass is 10.0. The topological polar surface area (TPSA) is 114 Å². The van der Waals surface area contributed by atoms with E-state index >= 15 is 0 Å². The molecule has 2 saturated heterocycles. The van der Waals surface area contributed by atoms with Crippen molar-refractivity contribution >= 4 is 17.8 Å². The molecule has 9 nitrogen and oxygen atoms in total. The number of piperidine rings is 2. The Kier molecular flexibility index (Phi) is 6.59. The summed E-state index contributed by atoms with van der Waals surface area (Å²) in [5.41, 5.74) is 1.11. The lowest BCUT2D eigenvalue weighted by Gasteiger charge is -2.36. The maximum absolute atomic E-state index is 12.7. The molecule has 0 atom stereocenters. The normalized spacial score (nSPS) is 17.6. The van der Waals surface area contributed by atoms with Crippen LogP contribution in [0.4, 0.5) is 10.6 Å². The fourth-order valence-corrected chi connectivity index (χ4v) is 4.27. The molecule has 3 amide bonds. The molecule has 0 aliphatic carbocycles. The van der Waals surface area contributed by atoms with Crippen LogP contribution in [0.3, 0.4) is 0 Å². The summed E-state index contributed by atoms with van der Waals surface area (Å²) in [6.07, 6.45) is 6.28. The second-order valence-electron chi connectivity index (χ2n) is 8.35. The van der Waals surface area contributed by atoms with Crippen LogP contribution in [0.25, 0.3) is 0 Å². The van der Waals surface area contributed by atoms with Crippen molar-refractivity contribution in [2.45, 2.75) is 44.7 Å². The second kappa shape index (κ2) is 9.73. The average molecular weight is 437 g/mol. The number of hydrogen-bond donors (Lipinski definition) is 2. The van der Waals surface area contributed by atoms with Gasteiger partial charge in [-0.15, -0.1) is 0 Å². The number of likely N-dealkylation sites (tertiary alicyclic amines) is 1. The average Bonchev–Trinajstić information content (AvgIpc) is 3.26. The molecule has 4 heterocycles. The predicted molar refractivity (Wildman–Crippen MR) is 118 cm³/mol. The molecule has 2 aromatic heterocycles. The zero-order chi connectivity index (χ0) is 22.5. The van der Waals surface area contributed by atoms with E-state index in [2.05, 4.69) is 26.6 Å². The van der Waals surface area contributed by atoms with E-state index in [0.717, 1.165) is 44.6 Å². The van der Waals surface area contributed by atoms with E-state index in [4.69, 9.17) is 9.68 Å². The van der Waals surface area contributed by atoms with Crippen LogP contribution in [-0.4, -0.2) is 60.1 Å². The number of amides is 3. The Bertz CT molecular complexity index is 980. The number of pyridine rings is 1. The molecule has 2 N–H and O–H groups in total. The summed E-state index contributed by atoms with van der Waals surface area (Å²) in [4.78, 5) is 33.4. The number of hydrogen-bond acceptors (Lipinski definition) is 6. The predicted octanol–water partition coefficient (Wildman–Crippen LogP) is 2.43. The molecule has 0 spiro atoms. The lowest BCUT2D eigenvalue weighted by Crippen LogP contribution is -2.53. The van der Waals surface area contributed by atoms with E-state index in [1.807, 2.05) is 11.0 Å². The molecule has 4 rings (SSSR count). The summed E-state index contributed by atoms with van der Waals surface area (Å²) in [5, 5.41) is 15.1. The number of aryl methyl sites for hydroxylation is 1. The van der Waals surface area contributed by atoms with Crippen LogP contribution in [0, 0.1) is 18.3 Å². The number of nitriles is 1. The third kappa shape index (κ3) is 5.02. The molecule has 32 heavy (non-hydrogen) atoms. The first-order valence-electron chi connectivity index (χ1n) is 11.0. The zero-order valence-electron chi connectivity index (χ0n) is 18.2. The summed E-state index contributed by atoms with van der Waals surface area (Å²) in [5.74, 6) is 1.35. The molecule has 0 radical (unpaired) electrons. The van der Waals surface area contributed by atoms with Gasteiger partial charge in [-0.1, -0.05) is 0 Å². The van der Waals surface area contributed by atoms with Crippen LogP contribution in [0.15, 0.2) is 35.1 Å². The fourth-order valence-electron chi connectivity index (χ4n) is 4.27. The van der Waals surface area contributed by atoms with Gasteiger partial charge >= 0.3 is 6.03 Å². The van der Waals surface area contributed by atoms with Gasteiger partial charge < -0.3 is 24.9 Å². The van der Waals surface area contributed by atoms with Crippen LogP contribution in [0.1, 0.15) is 47.4 Å². The second-order valence-corrected chi connectivity index (χ2v) is 8.35. The summed E-state index contributed by atoms with van der Waals surface area (Å²) in [7, 11) is 0. The molecule has 2 aliphatic heterocycles. The van der Waals surface area contributed by atoms with Gasteiger partial charge in [-0.3, -0.25) is 4.79 Å². The van der Waals surface area contributed by atoms with Crippen LogP contribution in [0.5, 0.6) is 0 Å². The molecule has 0 saturated carbocycles.